The Balaban J connectivity index is 1.68. The molecule has 1 N–H and O–H groups in total. The van der Waals surface area contributed by atoms with Crippen LogP contribution < -0.4 is 5.32 Å². The molecule has 6 nitrogen and oxygen atoms in total. The number of hydrogen-bond donors (Lipinski definition) is 1. The van der Waals surface area contributed by atoms with Crippen LogP contribution in [0.5, 0.6) is 0 Å². The summed E-state index contributed by atoms with van der Waals surface area (Å²) in [7, 11) is 0. The van der Waals surface area contributed by atoms with Gasteiger partial charge in [-0.1, -0.05) is 68.0 Å². The quantitative estimate of drug-likeness (QED) is 0.553. The van der Waals surface area contributed by atoms with Crippen LogP contribution in [0.3, 0.4) is 0 Å². The van der Waals surface area contributed by atoms with Crippen LogP contribution in [0.2, 0.25) is 0 Å². The van der Waals surface area contributed by atoms with Crippen molar-refractivity contribution in [2.45, 2.75) is 53.0 Å². The average molecular weight is 451 g/mol. The molecule has 0 fully saturated rings. The van der Waals surface area contributed by atoms with E-state index in [0.29, 0.717) is 10.7 Å². The first kappa shape index (κ1) is 23.6. The molecule has 0 aliphatic heterocycles. The second-order valence-corrected chi connectivity index (χ2v) is 10.2. The highest BCUT2D eigenvalue weighted by molar-refractivity contribution is 7.18. The van der Waals surface area contributed by atoms with Gasteiger partial charge in [-0.2, -0.15) is 0 Å². The third-order valence-electron chi connectivity index (χ3n) is 5.13. The van der Waals surface area contributed by atoms with E-state index >= 15 is 0 Å². The Morgan fingerprint density at radius 1 is 1.06 bits per heavy atom. The number of hydrogen-bond acceptors (Lipinski definition) is 5. The minimum absolute atomic E-state index is 0.0121. The van der Waals surface area contributed by atoms with Crippen molar-refractivity contribution in [1.29, 1.82) is 0 Å². The predicted octanol–water partition coefficient (Wildman–Crippen LogP) is 5.30. The predicted molar refractivity (Wildman–Crippen MR) is 130 cm³/mol. The van der Waals surface area contributed by atoms with Crippen molar-refractivity contribution in [2.75, 3.05) is 11.9 Å². The number of aromatic nitrogens is 2. The maximum atomic E-state index is 13.1. The van der Waals surface area contributed by atoms with E-state index < -0.39 is 0 Å². The topological polar surface area (TPSA) is 75.2 Å². The van der Waals surface area contributed by atoms with Gasteiger partial charge in [0, 0.05) is 17.2 Å². The van der Waals surface area contributed by atoms with E-state index in [9.17, 15) is 9.59 Å². The Hall–Kier alpha value is -3.06. The number of rotatable bonds is 6. The van der Waals surface area contributed by atoms with Crippen molar-refractivity contribution in [3.05, 3.63) is 65.2 Å². The fourth-order valence-electron chi connectivity index (χ4n) is 3.25. The lowest BCUT2D eigenvalue weighted by Gasteiger charge is -2.26. The fourth-order valence-corrected chi connectivity index (χ4v) is 4.01. The number of carbonyl (C=O) groups excluding carboxylic acids is 2. The molecule has 0 atom stereocenters. The molecular formula is C25H30N4O2S. The normalized spacial score (nSPS) is 11.5. The van der Waals surface area contributed by atoms with E-state index in [1.54, 1.807) is 4.90 Å². The van der Waals surface area contributed by atoms with Gasteiger partial charge in [-0.3, -0.25) is 14.9 Å². The monoisotopic (exact) mass is 450 g/mol. The first-order valence-electron chi connectivity index (χ1n) is 10.7. The molecular weight excluding hydrogens is 420 g/mol. The maximum Gasteiger partial charge on any atom is 0.254 e. The number of nitrogens with zero attached hydrogens (tertiary/aromatic N) is 3. The highest BCUT2D eigenvalue weighted by Crippen LogP contribution is 2.27. The highest BCUT2D eigenvalue weighted by Gasteiger charge is 2.23. The van der Waals surface area contributed by atoms with Crippen molar-refractivity contribution >= 4 is 28.3 Å². The molecule has 7 heteroatoms. The standard InChI is InChI=1S/C25H30N4O2S/c1-16(2)29(23(31)18-10-12-20(13-11-18)25(4,5)6)15-21(30)26-24-28-27-22(32-24)19-9-7-8-17(3)14-19/h7-14,16H,15H2,1-6H3,(H,26,28,30). The number of benzene rings is 2. The van der Waals surface area contributed by atoms with E-state index in [-0.39, 0.29) is 29.8 Å². The first-order valence-corrected chi connectivity index (χ1v) is 11.5. The van der Waals surface area contributed by atoms with Crippen LogP contribution >= 0.6 is 11.3 Å². The molecule has 0 aliphatic carbocycles. The molecule has 1 heterocycles. The first-order chi connectivity index (χ1) is 15.0. The summed E-state index contributed by atoms with van der Waals surface area (Å²) in [6.07, 6.45) is 0. The molecule has 1 aromatic heterocycles. The molecule has 0 bridgehead atoms. The largest absolute Gasteiger partial charge is 0.327 e. The van der Waals surface area contributed by atoms with Gasteiger partial charge >= 0.3 is 0 Å². The smallest absolute Gasteiger partial charge is 0.254 e. The Morgan fingerprint density at radius 3 is 2.34 bits per heavy atom. The van der Waals surface area contributed by atoms with Gasteiger partial charge in [0.2, 0.25) is 11.0 Å². The molecule has 0 spiro atoms. The van der Waals surface area contributed by atoms with Crippen LogP contribution in [0.15, 0.2) is 48.5 Å². The number of anilines is 1. The summed E-state index contributed by atoms with van der Waals surface area (Å²) in [6.45, 7) is 12.1. The molecule has 3 rings (SSSR count). The summed E-state index contributed by atoms with van der Waals surface area (Å²) >= 11 is 1.31. The highest BCUT2D eigenvalue weighted by atomic mass is 32.1. The second kappa shape index (κ2) is 9.61. The third kappa shape index (κ3) is 5.79. The zero-order valence-electron chi connectivity index (χ0n) is 19.5. The lowest BCUT2D eigenvalue weighted by atomic mass is 9.86. The fraction of sp³-hybridized carbons (Fsp3) is 0.360. The van der Waals surface area contributed by atoms with Crippen molar-refractivity contribution in [3.63, 3.8) is 0 Å². The maximum absolute atomic E-state index is 13.1. The number of nitrogens with one attached hydrogen (secondary N) is 1. The lowest BCUT2D eigenvalue weighted by molar-refractivity contribution is -0.117. The summed E-state index contributed by atoms with van der Waals surface area (Å²) in [6, 6.07) is 15.4. The van der Waals surface area contributed by atoms with E-state index in [1.165, 1.54) is 11.3 Å². The summed E-state index contributed by atoms with van der Waals surface area (Å²) in [5.74, 6) is -0.473. The Morgan fingerprint density at radius 2 is 1.75 bits per heavy atom. The number of amides is 2. The van der Waals surface area contributed by atoms with Gasteiger partial charge in [0.1, 0.15) is 11.6 Å². The molecule has 2 amide bonds. The van der Waals surface area contributed by atoms with Crippen LogP contribution in [-0.4, -0.2) is 39.5 Å². The zero-order valence-corrected chi connectivity index (χ0v) is 20.3. The molecule has 168 valence electrons. The Bertz CT molecular complexity index is 1100. The van der Waals surface area contributed by atoms with Crippen LogP contribution in [0.4, 0.5) is 5.13 Å². The van der Waals surface area contributed by atoms with Crippen LogP contribution in [0.25, 0.3) is 10.6 Å². The minimum Gasteiger partial charge on any atom is -0.327 e. The Kier molecular flexibility index (Phi) is 7.09. The molecule has 3 aromatic rings. The summed E-state index contributed by atoms with van der Waals surface area (Å²) in [5, 5.41) is 12.2. The van der Waals surface area contributed by atoms with Crippen LogP contribution in [0, 0.1) is 6.92 Å². The zero-order chi connectivity index (χ0) is 23.5. The van der Waals surface area contributed by atoms with E-state index in [0.717, 1.165) is 21.7 Å². The molecule has 32 heavy (non-hydrogen) atoms. The van der Waals surface area contributed by atoms with Crippen LogP contribution in [0.1, 0.15) is 56.1 Å². The summed E-state index contributed by atoms with van der Waals surface area (Å²) in [4.78, 5) is 27.3. The van der Waals surface area contributed by atoms with Gasteiger partial charge in [-0.05, 0) is 49.9 Å². The molecule has 0 aliphatic rings. The van der Waals surface area contributed by atoms with E-state index in [4.69, 9.17) is 0 Å². The average Bonchev–Trinajstić information content (AvgIpc) is 3.19. The molecule has 0 radical (unpaired) electrons. The second-order valence-electron chi connectivity index (χ2n) is 9.18. The summed E-state index contributed by atoms with van der Waals surface area (Å²) < 4.78 is 0. The lowest BCUT2D eigenvalue weighted by Crippen LogP contribution is -2.42. The molecule has 0 saturated heterocycles. The van der Waals surface area contributed by atoms with Crippen molar-refractivity contribution < 1.29 is 9.59 Å². The van der Waals surface area contributed by atoms with Gasteiger partial charge in [0.05, 0.1) is 0 Å². The SMILES string of the molecule is Cc1cccc(-c2nnc(NC(=O)CN(C(=O)c3ccc(C(C)(C)C)cc3)C(C)C)s2)c1. The molecule has 2 aromatic carbocycles. The Labute approximate surface area is 193 Å². The van der Waals surface area contributed by atoms with Crippen molar-refractivity contribution in [3.8, 4) is 10.6 Å². The van der Waals surface area contributed by atoms with Gasteiger partial charge < -0.3 is 4.90 Å². The van der Waals surface area contributed by atoms with Crippen LogP contribution in [-0.2, 0) is 10.2 Å². The molecule has 0 unspecified atom stereocenters. The third-order valence-corrected chi connectivity index (χ3v) is 6.02. The van der Waals surface area contributed by atoms with Gasteiger partial charge in [0.25, 0.3) is 5.91 Å². The van der Waals surface area contributed by atoms with Gasteiger partial charge in [-0.15, -0.1) is 10.2 Å². The van der Waals surface area contributed by atoms with Gasteiger partial charge in [0.15, 0.2) is 0 Å². The van der Waals surface area contributed by atoms with E-state index in [2.05, 4.69) is 36.3 Å². The summed E-state index contributed by atoms with van der Waals surface area (Å²) in [5.41, 5.74) is 3.82. The number of carbonyl (C=O) groups is 2. The van der Waals surface area contributed by atoms with Gasteiger partial charge in [-0.25, -0.2) is 0 Å². The van der Waals surface area contributed by atoms with E-state index in [1.807, 2.05) is 69.3 Å². The number of aryl methyl sites for hydroxylation is 1. The molecule has 0 saturated carbocycles. The van der Waals surface area contributed by atoms with Crippen molar-refractivity contribution in [1.82, 2.24) is 15.1 Å². The van der Waals surface area contributed by atoms with Crippen molar-refractivity contribution in [2.24, 2.45) is 0 Å². The minimum atomic E-state index is -0.301.